The average molecular weight is 461 g/mol. The molecular formula is C30H40N2O2. The number of carboxylic acid groups (broad SMARTS) is 1. The van der Waals surface area contributed by atoms with Crippen LogP contribution in [-0.2, 0) is 4.79 Å². The highest BCUT2D eigenvalue weighted by Crippen LogP contribution is 2.39. The Hall–Kier alpha value is -2.17. The Labute approximate surface area is 205 Å². The van der Waals surface area contributed by atoms with Crippen LogP contribution >= 0.6 is 0 Å². The molecule has 2 aromatic rings. The van der Waals surface area contributed by atoms with E-state index in [1.54, 1.807) is 0 Å². The van der Waals surface area contributed by atoms with E-state index in [-0.39, 0.29) is 6.04 Å². The summed E-state index contributed by atoms with van der Waals surface area (Å²) >= 11 is 0. The number of piperidine rings is 1. The molecule has 0 aromatic heterocycles. The maximum atomic E-state index is 12.4. The zero-order chi connectivity index (χ0) is 23.3. The minimum Gasteiger partial charge on any atom is -0.480 e. The number of hydrogen-bond acceptors (Lipinski definition) is 3. The first-order valence-corrected chi connectivity index (χ1v) is 13.5. The minimum absolute atomic E-state index is 0.308. The molecule has 2 aliphatic heterocycles. The van der Waals surface area contributed by atoms with E-state index in [0.717, 1.165) is 45.6 Å². The van der Waals surface area contributed by atoms with Crippen LogP contribution in [0, 0.1) is 11.8 Å². The number of rotatable bonds is 7. The lowest BCUT2D eigenvalue weighted by Gasteiger charge is -2.35. The number of carbonyl (C=O) groups is 1. The monoisotopic (exact) mass is 460 g/mol. The Morgan fingerprint density at radius 2 is 1.44 bits per heavy atom. The summed E-state index contributed by atoms with van der Waals surface area (Å²) in [7, 11) is 0. The van der Waals surface area contributed by atoms with E-state index < -0.39 is 5.97 Å². The first-order valence-electron chi connectivity index (χ1n) is 13.5. The second-order valence-corrected chi connectivity index (χ2v) is 10.9. The molecule has 3 aliphatic rings. The lowest BCUT2D eigenvalue weighted by atomic mass is 9.83. The summed E-state index contributed by atoms with van der Waals surface area (Å²) in [4.78, 5) is 17.4. The van der Waals surface area contributed by atoms with Crippen molar-refractivity contribution in [3.8, 4) is 0 Å². The second-order valence-electron chi connectivity index (χ2n) is 10.9. The fourth-order valence-electron chi connectivity index (χ4n) is 7.01. The summed E-state index contributed by atoms with van der Waals surface area (Å²) in [6.07, 6.45) is 8.21. The largest absolute Gasteiger partial charge is 0.480 e. The van der Waals surface area contributed by atoms with Gasteiger partial charge in [-0.2, -0.15) is 0 Å². The van der Waals surface area contributed by atoms with Crippen molar-refractivity contribution >= 4 is 5.97 Å². The molecule has 4 nitrogen and oxygen atoms in total. The van der Waals surface area contributed by atoms with Gasteiger partial charge in [-0.25, -0.2) is 0 Å². The summed E-state index contributed by atoms with van der Waals surface area (Å²) in [6, 6.07) is 21.5. The van der Waals surface area contributed by atoms with Gasteiger partial charge < -0.3 is 10.0 Å². The van der Waals surface area contributed by atoms with Crippen molar-refractivity contribution in [2.75, 3.05) is 32.7 Å². The molecule has 0 amide bonds. The number of hydrogen-bond donors (Lipinski definition) is 1. The van der Waals surface area contributed by atoms with E-state index in [9.17, 15) is 9.90 Å². The minimum atomic E-state index is -0.608. The standard InChI is InChI=1S/C30H40N2O2/c33-30(34)29(26-14-8-3-9-15-26)32-21-27(28(22-32)25-12-6-2-7-13-25)20-31-18-16-24(17-19-31)23-10-4-1-5-11-23/h1-2,4-7,10-13,24,26-29H,3,8-9,14-22H2,(H,33,34)/t27-,28+,29+/m0/s1. The smallest absolute Gasteiger partial charge is 0.321 e. The van der Waals surface area contributed by atoms with Crippen LogP contribution in [0.1, 0.15) is 67.9 Å². The first-order chi connectivity index (χ1) is 16.7. The van der Waals surface area contributed by atoms with Crippen molar-refractivity contribution in [3.05, 3.63) is 71.8 Å². The van der Waals surface area contributed by atoms with Crippen molar-refractivity contribution in [1.82, 2.24) is 9.80 Å². The van der Waals surface area contributed by atoms with Gasteiger partial charge >= 0.3 is 5.97 Å². The summed E-state index contributed by atoms with van der Waals surface area (Å²) in [6.45, 7) is 5.15. The molecule has 1 aliphatic carbocycles. The molecule has 1 N–H and O–H groups in total. The third kappa shape index (κ3) is 5.39. The highest BCUT2D eigenvalue weighted by Gasteiger charge is 2.43. The first kappa shape index (κ1) is 23.6. The van der Waals surface area contributed by atoms with Crippen molar-refractivity contribution in [1.29, 1.82) is 0 Å². The molecule has 1 saturated carbocycles. The molecule has 2 heterocycles. The molecule has 182 valence electrons. The van der Waals surface area contributed by atoms with Gasteiger partial charge in [0.15, 0.2) is 0 Å². The van der Waals surface area contributed by atoms with Gasteiger partial charge in [-0.15, -0.1) is 0 Å². The van der Waals surface area contributed by atoms with E-state index in [4.69, 9.17) is 0 Å². The molecule has 0 radical (unpaired) electrons. The topological polar surface area (TPSA) is 43.8 Å². The molecule has 2 aromatic carbocycles. The van der Waals surface area contributed by atoms with Gasteiger partial charge in [0.2, 0.25) is 0 Å². The predicted octanol–water partition coefficient (Wildman–Crippen LogP) is 5.62. The quantitative estimate of drug-likeness (QED) is 0.583. The van der Waals surface area contributed by atoms with Gasteiger partial charge in [0, 0.05) is 25.6 Å². The van der Waals surface area contributed by atoms with E-state index in [1.165, 1.54) is 43.2 Å². The van der Waals surface area contributed by atoms with Gasteiger partial charge in [-0.1, -0.05) is 79.9 Å². The van der Waals surface area contributed by atoms with Crippen LogP contribution < -0.4 is 0 Å². The molecule has 0 unspecified atom stereocenters. The van der Waals surface area contributed by atoms with E-state index in [0.29, 0.717) is 23.7 Å². The van der Waals surface area contributed by atoms with Crippen molar-refractivity contribution in [3.63, 3.8) is 0 Å². The average Bonchev–Trinajstić information content (AvgIpc) is 3.29. The normalized spacial score (nSPS) is 26.5. The summed E-state index contributed by atoms with van der Waals surface area (Å²) in [5.74, 6) is 1.27. The Morgan fingerprint density at radius 1 is 0.824 bits per heavy atom. The van der Waals surface area contributed by atoms with Gasteiger partial charge in [0.05, 0.1) is 0 Å². The summed E-state index contributed by atoms with van der Waals surface area (Å²) < 4.78 is 0. The molecule has 4 heteroatoms. The SMILES string of the molecule is O=C(O)[C@@H](C1CCCCC1)N1C[C@H](CN2CCC(c3ccccc3)CC2)[C@@H](c2ccccc2)C1. The van der Waals surface area contributed by atoms with Crippen LogP contribution in [0.2, 0.25) is 0 Å². The molecule has 3 fully saturated rings. The number of aliphatic carboxylic acids is 1. The van der Waals surface area contributed by atoms with Crippen LogP contribution in [0.5, 0.6) is 0 Å². The number of nitrogens with zero attached hydrogens (tertiary/aromatic N) is 2. The van der Waals surface area contributed by atoms with Crippen LogP contribution in [0.15, 0.2) is 60.7 Å². The lowest BCUT2D eigenvalue weighted by molar-refractivity contribution is -0.145. The van der Waals surface area contributed by atoms with Gasteiger partial charge in [0.25, 0.3) is 0 Å². The van der Waals surface area contributed by atoms with E-state index in [1.807, 2.05) is 0 Å². The van der Waals surface area contributed by atoms with Crippen molar-refractivity contribution in [2.45, 2.75) is 62.8 Å². The second kappa shape index (κ2) is 11.0. The molecule has 5 rings (SSSR count). The molecule has 0 bridgehead atoms. The van der Waals surface area contributed by atoms with Crippen LogP contribution in [0.25, 0.3) is 0 Å². The zero-order valence-corrected chi connectivity index (χ0v) is 20.4. The Balaban J connectivity index is 1.28. The molecule has 2 saturated heterocycles. The fraction of sp³-hybridized carbons (Fsp3) is 0.567. The van der Waals surface area contributed by atoms with Gasteiger partial charge in [0.1, 0.15) is 6.04 Å². The summed E-state index contributed by atoms with van der Waals surface area (Å²) in [5, 5.41) is 10.2. The number of benzene rings is 2. The maximum absolute atomic E-state index is 12.4. The molecule has 0 spiro atoms. The lowest BCUT2D eigenvalue weighted by Crippen LogP contribution is -2.46. The van der Waals surface area contributed by atoms with E-state index >= 15 is 0 Å². The maximum Gasteiger partial charge on any atom is 0.321 e. The van der Waals surface area contributed by atoms with Crippen LogP contribution in [-0.4, -0.2) is 59.6 Å². The van der Waals surface area contributed by atoms with Crippen molar-refractivity contribution in [2.24, 2.45) is 11.8 Å². The molecule has 34 heavy (non-hydrogen) atoms. The highest BCUT2D eigenvalue weighted by atomic mass is 16.4. The van der Waals surface area contributed by atoms with Gasteiger partial charge in [-0.3, -0.25) is 9.69 Å². The number of likely N-dealkylation sites (tertiary alicyclic amines) is 2. The van der Waals surface area contributed by atoms with Crippen LogP contribution in [0.4, 0.5) is 0 Å². The number of carboxylic acids is 1. The Bertz CT molecular complexity index is 904. The molecular weight excluding hydrogens is 420 g/mol. The fourth-order valence-corrected chi connectivity index (χ4v) is 7.01. The van der Waals surface area contributed by atoms with Gasteiger partial charge in [-0.05, 0) is 67.7 Å². The summed E-state index contributed by atoms with van der Waals surface area (Å²) in [5.41, 5.74) is 2.86. The zero-order valence-electron chi connectivity index (χ0n) is 20.4. The third-order valence-corrected chi connectivity index (χ3v) is 8.79. The third-order valence-electron chi connectivity index (χ3n) is 8.79. The Kier molecular flexibility index (Phi) is 7.66. The highest BCUT2D eigenvalue weighted by molar-refractivity contribution is 5.74. The van der Waals surface area contributed by atoms with E-state index in [2.05, 4.69) is 70.5 Å². The Morgan fingerprint density at radius 3 is 2.06 bits per heavy atom. The van der Waals surface area contributed by atoms with Crippen molar-refractivity contribution < 1.29 is 9.90 Å². The molecule has 3 atom stereocenters. The predicted molar refractivity (Wildman–Crippen MR) is 137 cm³/mol. The van der Waals surface area contributed by atoms with Crippen LogP contribution in [0.3, 0.4) is 0 Å².